The molecule has 1 unspecified atom stereocenters. The van der Waals surface area contributed by atoms with Crippen LogP contribution in [0.1, 0.15) is 19.8 Å². The molecule has 3 aromatic rings. The number of pyridine rings is 1. The molecular formula is C20H23N3O2S. The van der Waals surface area contributed by atoms with Gasteiger partial charge in [-0.1, -0.05) is 6.92 Å². The van der Waals surface area contributed by atoms with Gasteiger partial charge in [0.1, 0.15) is 0 Å². The average Bonchev–Trinajstić information content (AvgIpc) is 3.35. The number of aromatic amines is 1. The van der Waals surface area contributed by atoms with E-state index < -0.39 is 10.8 Å². The first kappa shape index (κ1) is 17.1. The van der Waals surface area contributed by atoms with E-state index in [4.69, 9.17) is 4.74 Å². The molecule has 5 nitrogen and oxygen atoms in total. The van der Waals surface area contributed by atoms with Crippen LogP contribution in [0.15, 0.2) is 41.3 Å². The van der Waals surface area contributed by atoms with Crippen LogP contribution in [-0.4, -0.2) is 40.1 Å². The van der Waals surface area contributed by atoms with Crippen LogP contribution in [-0.2, 0) is 10.8 Å². The fourth-order valence-corrected chi connectivity index (χ4v) is 4.32. The van der Waals surface area contributed by atoms with E-state index in [1.807, 2.05) is 31.2 Å². The monoisotopic (exact) mass is 369 g/mol. The second kappa shape index (κ2) is 7.11. The molecule has 26 heavy (non-hydrogen) atoms. The first-order valence-corrected chi connectivity index (χ1v) is 10.3. The van der Waals surface area contributed by atoms with Crippen molar-refractivity contribution in [3.8, 4) is 17.1 Å². The molecule has 1 atom stereocenters. The number of aromatic nitrogens is 2. The van der Waals surface area contributed by atoms with E-state index in [9.17, 15) is 4.21 Å². The zero-order chi connectivity index (χ0) is 18.1. The lowest BCUT2D eigenvalue weighted by Gasteiger charge is -2.21. The summed E-state index contributed by atoms with van der Waals surface area (Å²) in [5.74, 6) is 1.22. The van der Waals surface area contributed by atoms with Crippen LogP contribution in [0.3, 0.4) is 0 Å². The summed E-state index contributed by atoms with van der Waals surface area (Å²) < 4.78 is 17.6. The average molecular weight is 369 g/mol. The van der Waals surface area contributed by atoms with Crippen molar-refractivity contribution >= 4 is 27.5 Å². The molecule has 1 aliphatic heterocycles. The van der Waals surface area contributed by atoms with Gasteiger partial charge < -0.3 is 14.6 Å². The van der Waals surface area contributed by atoms with Crippen molar-refractivity contribution in [2.45, 2.75) is 24.7 Å². The van der Waals surface area contributed by atoms with Gasteiger partial charge in [-0.3, -0.25) is 4.21 Å². The first-order valence-electron chi connectivity index (χ1n) is 9.01. The number of nitrogens with one attached hydrogen (secondary N) is 1. The van der Waals surface area contributed by atoms with Crippen LogP contribution >= 0.6 is 0 Å². The molecule has 0 aliphatic carbocycles. The van der Waals surface area contributed by atoms with Crippen molar-refractivity contribution in [2.75, 3.05) is 30.9 Å². The summed E-state index contributed by atoms with van der Waals surface area (Å²) in [6, 6.07) is 12.1. The van der Waals surface area contributed by atoms with Crippen molar-refractivity contribution < 1.29 is 8.95 Å². The molecule has 1 N–H and O–H groups in total. The van der Waals surface area contributed by atoms with Gasteiger partial charge in [-0.2, -0.15) is 0 Å². The Bertz CT molecular complexity index is 961. The molecule has 0 bridgehead atoms. The lowest BCUT2D eigenvalue weighted by molar-refractivity contribution is 0.399. The number of fused-ring (bicyclic) bond motifs is 1. The SMILES string of the molecule is CCS(=O)c1ccc(N2CCCC2)c(-c2cc3nc(OC)ccc3[nH]2)c1. The lowest BCUT2D eigenvalue weighted by Crippen LogP contribution is -2.18. The van der Waals surface area contributed by atoms with E-state index in [1.165, 1.54) is 18.5 Å². The Labute approximate surface area is 155 Å². The highest BCUT2D eigenvalue weighted by Gasteiger charge is 2.19. The molecule has 2 aromatic heterocycles. The summed E-state index contributed by atoms with van der Waals surface area (Å²) in [6.07, 6.45) is 2.43. The third-order valence-corrected chi connectivity index (χ3v) is 6.19. The summed E-state index contributed by atoms with van der Waals surface area (Å²) in [5.41, 5.74) is 5.11. The highest BCUT2D eigenvalue weighted by molar-refractivity contribution is 7.85. The van der Waals surface area contributed by atoms with E-state index in [1.54, 1.807) is 7.11 Å². The number of H-pyrrole nitrogens is 1. The van der Waals surface area contributed by atoms with Crippen LogP contribution in [0.25, 0.3) is 22.3 Å². The zero-order valence-corrected chi connectivity index (χ0v) is 15.9. The quantitative estimate of drug-likeness (QED) is 0.739. The maximum Gasteiger partial charge on any atom is 0.213 e. The molecule has 1 saturated heterocycles. The minimum atomic E-state index is -0.975. The molecule has 3 heterocycles. The Morgan fingerprint density at radius 2 is 2.00 bits per heavy atom. The molecule has 136 valence electrons. The normalized spacial score (nSPS) is 15.5. The largest absolute Gasteiger partial charge is 0.481 e. The summed E-state index contributed by atoms with van der Waals surface area (Å²) in [6.45, 7) is 4.08. The predicted molar refractivity (Wildman–Crippen MR) is 106 cm³/mol. The Hall–Kier alpha value is -2.34. The Morgan fingerprint density at radius 1 is 1.19 bits per heavy atom. The van der Waals surface area contributed by atoms with E-state index in [0.717, 1.165) is 40.3 Å². The van der Waals surface area contributed by atoms with Gasteiger partial charge in [0.15, 0.2) is 0 Å². The van der Waals surface area contributed by atoms with Gasteiger partial charge in [0.25, 0.3) is 0 Å². The van der Waals surface area contributed by atoms with E-state index in [2.05, 4.69) is 27.0 Å². The highest BCUT2D eigenvalue weighted by Crippen LogP contribution is 2.35. The van der Waals surface area contributed by atoms with Gasteiger partial charge in [-0.25, -0.2) is 4.98 Å². The van der Waals surface area contributed by atoms with Crippen molar-refractivity contribution in [2.24, 2.45) is 0 Å². The molecule has 0 saturated carbocycles. The number of anilines is 1. The zero-order valence-electron chi connectivity index (χ0n) is 15.1. The van der Waals surface area contributed by atoms with Crippen LogP contribution < -0.4 is 9.64 Å². The fourth-order valence-electron chi connectivity index (χ4n) is 3.52. The van der Waals surface area contributed by atoms with Crippen molar-refractivity contribution in [3.63, 3.8) is 0 Å². The van der Waals surface area contributed by atoms with Gasteiger partial charge in [-0.05, 0) is 43.2 Å². The predicted octanol–water partition coefficient (Wildman–Crippen LogP) is 3.97. The summed E-state index contributed by atoms with van der Waals surface area (Å²) >= 11 is 0. The van der Waals surface area contributed by atoms with Crippen LogP contribution in [0.2, 0.25) is 0 Å². The second-order valence-corrected chi connectivity index (χ2v) is 8.22. The van der Waals surface area contributed by atoms with Gasteiger partial charge in [0.2, 0.25) is 5.88 Å². The maximum absolute atomic E-state index is 12.3. The third-order valence-electron chi connectivity index (χ3n) is 4.89. The van der Waals surface area contributed by atoms with Gasteiger partial charge in [0.05, 0.1) is 34.6 Å². The molecule has 1 aliphatic rings. The van der Waals surface area contributed by atoms with Gasteiger partial charge in [0, 0.05) is 41.1 Å². The molecule has 6 heteroatoms. The number of benzene rings is 1. The van der Waals surface area contributed by atoms with Crippen LogP contribution in [0.5, 0.6) is 5.88 Å². The number of methoxy groups -OCH3 is 1. The van der Waals surface area contributed by atoms with Crippen molar-refractivity contribution in [3.05, 3.63) is 36.4 Å². The van der Waals surface area contributed by atoms with Gasteiger partial charge in [-0.15, -0.1) is 0 Å². The molecule has 0 amide bonds. The van der Waals surface area contributed by atoms with Crippen molar-refractivity contribution in [1.82, 2.24) is 9.97 Å². The summed E-state index contributed by atoms with van der Waals surface area (Å²) in [4.78, 5) is 11.3. The Morgan fingerprint density at radius 3 is 2.73 bits per heavy atom. The van der Waals surface area contributed by atoms with E-state index >= 15 is 0 Å². The van der Waals surface area contributed by atoms with Crippen LogP contribution in [0, 0.1) is 0 Å². The standard InChI is InChI=1S/C20H23N3O2S/c1-3-26(24)14-6-8-19(23-10-4-5-11-23)15(12-14)17-13-18-16(21-17)7-9-20(22-18)25-2/h6-9,12-13,21H,3-5,10-11H2,1-2H3. The van der Waals surface area contributed by atoms with Crippen LogP contribution in [0.4, 0.5) is 5.69 Å². The third kappa shape index (κ3) is 3.09. The van der Waals surface area contributed by atoms with E-state index in [0.29, 0.717) is 11.6 Å². The summed E-state index contributed by atoms with van der Waals surface area (Å²) in [7, 11) is 0.647. The second-order valence-electron chi connectivity index (χ2n) is 6.48. The highest BCUT2D eigenvalue weighted by atomic mass is 32.2. The molecule has 1 fully saturated rings. The number of ether oxygens (including phenoxy) is 1. The molecule has 0 spiro atoms. The number of rotatable bonds is 5. The fraction of sp³-hybridized carbons (Fsp3) is 0.350. The topological polar surface area (TPSA) is 58.2 Å². The van der Waals surface area contributed by atoms with Gasteiger partial charge >= 0.3 is 0 Å². The Balaban J connectivity index is 1.85. The molecule has 1 aromatic carbocycles. The van der Waals surface area contributed by atoms with E-state index in [-0.39, 0.29) is 0 Å². The number of hydrogen-bond donors (Lipinski definition) is 1. The first-order chi connectivity index (χ1) is 12.7. The minimum Gasteiger partial charge on any atom is -0.481 e. The summed E-state index contributed by atoms with van der Waals surface area (Å²) in [5, 5.41) is 0. The smallest absolute Gasteiger partial charge is 0.213 e. The molecule has 0 radical (unpaired) electrons. The maximum atomic E-state index is 12.3. The molecule has 4 rings (SSSR count). The molecular weight excluding hydrogens is 346 g/mol. The minimum absolute atomic E-state index is 0.601. The van der Waals surface area contributed by atoms with Crippen molar-refractivity contribution in [1.29, 1.82) is 0 Å². The number of nitrogens with zero attached hydrogens (tertiary/aromatic N) is 2. The lowest BCUT2D eigenvalue weighted by atomic mass is 10.1. The Kier molecular flexibility index (Phi) is 4.68. The number of hydrogen-bond acceptors (Lipinski definition) is 4.